The first kappa shape index (κ1) is 46.9. The van der Waals surface area contributed by atoms with Gasteiger partial charge in [0.1, 0.15) is 0 Å². The van der Waals surface area contributed by atoms with Gasteiger partial charge < -0.3 is 10.5 Å². The fourth-order valence-corrected chi connectivity index (χ4v) is 6.97. The van der Waals surface area contributed by atoms with Gasteiger partial charge in [-0.2, -0.15) is 12.1 Å². The van der Waals surface area contributed by atoms with E-state index < -0.39 is 20.8 Å². The molecule has 6 aromatic rings. The normalized spacial score (nSPS) is 10.2. The van der Waals surface area contributed by atoms with Crippen LogP contribution in [0.5, 0.6) is 0 Å². The standard InChI is InChI=1S/2C23H27.C2H4BN2O2.2ClH.Zr/c2*1-3-5-10-18-16-20-13-9-15-22(23(20)17-18)21-14-8-7-12-19(21)11-6-4-2;6-1-4-3-5-2-7;;;/h2*7-9,12-17H,3-6,10-11H2,1-2H3;1-2H,(H,4,6)(H,5,7);2*1H;/q2*-1;;;;+4/p-2. The zero-order valence-corrected chi connectivity index (χ0v) is 37.7. The van der Waals surface area contributed by atoms with Gasteiger partial charge >= 0.3 is 45.4 Å². The SMILES string of the molecule is CCCCc1cc2c(-c3ccccc3CCCC)cccc2[cH-]1.CCCCc1cc2c(-c3ccccc3CCCC)cccc2[cH-]1.O=CN[B]NC=O.[Cl][Zr+2][Cl]. The Labute approximate surface area is 355 Å². The van der Waals surface area contributed by atoms with Crippen LogP contribution in [0.4, 0.5) is 0 Å². The van der Waals surface area contributed by atoms with Crippen LogP contribution in [0.25, 0.3) is 43.8 Å². The minimum absolute atomic E-state index is 0.455. The van der Waals surface area contributed by atoms with Crippen molar-refractivity contribution in [2.24, 2.45) is 0 Å². The molecule has 0 heterocycles. The molecule has 2 N–H and O–H groups in total. The molecule has 6 rings (SSSR count). The van der Waals surface area contributed by atoms with Crippen LogP contribution in [0, 0.1) is 0 Å². The van der Waals surface area contributed by atoms with E-state index in [9.17, 15) is 9.59 Å². The Kier molecular flexibility index (Phi) is 23.5. The number of carbonyl (C=O) groups is 2. The van der Waals surface area contributed by atoms with Gasteiger partial charge in [0.15, 0.2) is 12.8 Å². The summed E-state index contributed by atoms with van der Waals surface area (Å²) in [7, 11) is 11.0. The zero-order chi connectivity index (χ0) is 40.4. The number of halogens is 2. The van der Waals surface area contributed by atoms with Gasteiger partial charge in [0.25, 0.3) is 0 Å². The molecule has 4 nitrogen and oxygen atoms in total. The van der Waals surface area contributed by atoms with Crippen LogP contribution in [0.3, 0.4) is 0 Å². The molecule has 0 bridgehead atoms. The van der Waals surface area contributed by atoms with E-state index in [4.69, 9.17) is 17.0 Å². The van der Waals surface area contributed by atoms with E-state index in [0.29, 0.717) is 12.8 Å². The summed E-state index contributed by atoms with van der Waals surface area (Å²) in [6.45, 7) is 9.05. The molecule has 0 fully saturated rings. The first-order valence-electron chi connectivity index (χ1n) is 20.2. The number of rotatable bonds is 18. The fourth-order valence-electron chi connectivity index (χ4n) is 6.97. The Morgan fingerprint density at radius 1 is 0.536 bits per heavy atom. The Hall–Kier alpha value is -3.43. The van der Waals surface area contributed by atoms with Crippen molar-refractivity contribution in [1.82, 2.24) is 10.5 Å². The van der Waals surface area contributed by atoms with Crippen molar-refractivity contribution in [3.63, 3.8) is 0 Å². The summed E-state index contributed by atoms with van der Waals surface area (Å²) in [5, 5.41) is 9.82. The summed E-state index contributed by atoms with van der Waals surface area (Å²) in [5.41, 5.74) is 11.6. The average molecular weight is 868 g/mol. The molecule has 6 aromatic carbocycles. The summed E-state index contributed by atoms with van der Waals surface area (Å²) in [6.07, 6.45) is 15.7. The topological polar surface area (TPSA) is 58.2 Å². The number of nitrogens with one attached hydrogen (secondary N) is 2. The molecule has 0 unspecified atom stereocenters. The predicted octanol–water partition coefficient (Wildman–Crippen LogP) is 13.2. The zero-order valence-electron chi connectivity index (χ0n) is 33.7. The number of hydrogen-bond acceptors (Lipinski definition) is 2. The predicted molar refractivity (Wildman–Crippen MR) is 240 cm³/mol. The van der Waals surface area contributed by atoms with Crippen LogP contribution in [-0.4, -0.2) is 20.4 Å². The summed E-state index contributed by atoms with van der Waals surface area (Å²) < 4.78 is 0. The molecule has 0 aliphatic heterocycles. The Morgan fingerprint density at radius 3 is 1.27 bits per heavy atom. The van der Waals surface area contributed by atoms with Gasteiger partial charge in [-0.05, 0) is 60.8 Å². The van der Waals surface area contributed by atoms with E-state index >= 15 is 0 Å². The van der Waals surface area contributed by atoms with Gasteiger partial charge in [0.05, 0.1) is 0 Å². The van der Waals surface area contributed by atoms with Gasteiger partial charge in [-0.1, -0.05) is 138 Å². The van der Waals surface area contributed by atoms with Gasteiger partial charge in [-0.15, -0.1) is 69.1 Å². The van der Waals surface area contributed by atoms with E-state index in [1.165, 1.54) is 143 Å². The number of unbranched alkanes of at least 4 members (excludes halogenated alkanes) is 4. The first-order chi connectivity index (χ1) is 27.5. The number of carbonyl (C=O) groups excluding carboxylic acids is 2. The molecule has 0 spiro atoms. The van der Waals surface area contributed by atoms with E-state index in [-0.39, 0.29) is 0 Å². The van der Waals surface area contributed by atoms with E-state index in [0.717, 1.165) is 7.55 Å². The molecule has 0 aliphatic rings. The monoisotopic (exact) mass is 865 g/mol. The van der Waals surface area contributed by atoms with Crippen molar-refractivity contribution in [3.05, 3.63) is 131 Å². The quantitative estimate of drug-likeness (QED) is 0.0391. The van der Waals surface area contributed by atoms with E-state index in [2.05, 4.69) is 147 Å². The molecule has 8 heteroatoms. The third kappa shape index (κ3) is 15.1. The van der Waals surface area contributed by atoms with E-state index in [1.54, 1.807) is 0 Å². The summed E-state index contributed by atoms with van der Waals surface area (Å²) >= 11 is -0.826. The number of benzene rings is 4. The van der Waals surface area contributed by atoms with Crippen molar-refractivity contribution in [1.29, 1.82) is 0 Å². The molecule has 0 atom stereocenters. The molecule has 1 radical (unpaired) electrons. The molecular weight excluding hydrogens is 809 g/mol. The maximum absolute atomic E-state index is 9.38. The Balaban J connectivity index is 0.000000243. The second-order valence-electron chi connectivity index (χ2n) is 13.9. The van der Waals surface area contributed by atoms with Gasteiger partial charge in [0.2, 0.25) is 0 Å². The third-order valence-corrected chi connectivity index (χ3v) is 9.78. The van der Waals surface area contributed by atoms with Crippen LogP contribution >= 0.6 is 17.0 Å². The van der Waals surface area contributed by atoms with Crippen molar-refractivity contribution in [2.45, 2.75) is 105 Å². The molecular formula is C48H58BCl2N2O2Zr. The molecule has 0 aromatic heterocycles. The summed E-state index contributed by atoms with van der Waals surface area (Å²) in [5.74, 6) is 0. The number of fused-ring (bicyclic) bond motifs is 2. The van der Waals surface area contributed by atoms with Crippen LogP contribution in [-0.2, 0) is 56.1 Å². The van der Waals surface area contributed by atoms with Crippen LogP contribution < -0.4 is 10.5 Å². The number of aryl methyl sites for hydroxylation is 4. The van der Waals surface area contributed by atoms with Crippen molar-refractivity contribution >= 4 is 58.9 Å². The molecule has 293 valence electrons. The van der Waals surface area contributed by atoms with Crippen molar-refractivity contribution in [3.8, 4) is 22.3 Å². The van der Waals surface area contributed by atoms with Gasteiger partial charge in [-0.3, -0.25) is 9.59 Å². The van der Waals surface area contributed by atoms with E-state index in [1.807, 2.05) is 0 Å². The summed E-state index contributed by atoms with van der Waals surface area (Å²) in [6, 6.07) is 40.9. The summed E-state index contributed by atoms with van der Waals surface area (Å²) in [4.78, 5) is 18.8. The second-order valence-corrected chi connectivity index (χ2v) is 17.6. The first-order valence-corrected chi connectivity index (χ1v) is 26.5. The van der Waals surface area contributed by atoms with Crippen LogP contribution in [0.2, 0.25) is 0 Å². The van der Waals surface area contributed by atoms with Crippen molar-refractivity contribution in [2.75, 3.05) is 0 Å². The molecule has 2 amide bonds. The van der Waals surface area contributed by atoms with Crippen LogP contribution in [0.1, 0.15) is 101 Å². The average Bonchev–Trinajstić information content (AvgIpc) is 3.86. The molecule has 56 heavy (non-hydrogen) atoms. The molecule has 0 aliphatic carbocycles. The minimum atomic E-state index is -0.826. The van der Waals surface area contributed by atoms with Crippen molar-refractivity contribution < 1.29 is 30.4 Å². The fraction of sp³-hybridized carbons (Fsp3) is 0.333. The third-order valence-electron chi connectivity index (χ3n) is 9.78. The molecule has 0 saturated heterocycles. The Bertz CT molecular complexity index is 1860. The maximum atomic E-state index is 9.38. The second kappa shape index (κ2) is 28.0. The van der Waals surface area contributed by atoms with Gasteiger partial charge in [0, 0.05) is 0 Å². The van der Waals surface area contributed by atoms with Gasteiger partial charge in [-0.25, -0.2) is 0 Å². The Morgan fingerprint density at radius 2 is 0.893 bits per heavy atom. The number of hydrogen-bond donors (Lipinski definition) is 2. The number of amides is 2. The van der Waals surface area contributed by atoms with Crippen LogP contribution in [0.15, 0.2) is 109 Å². The molecule has 0 saturated carbocycles.